The van der Waals surface area contributed by atoms with Crippen LogP contribution in [0.15, 0.2) is 53.2 Å². The van der Waals surface area contributed by atoms with Gasteiger partial charge < -0.3 is 9.26 Å². The molecule has 0 aliphatic heterocycles. The van der Waals surface area contributed by atoms with E-state index < -0.39 is 52.1 Å². The SMILES string of the molecule is COC(=O)c1c(-c2c(F)cccc2Cl)noc1-c1cnn(-c2cccc(F)c2)c1C(F)(F)F. The number of rotatable bonds is 4. The van der Waals surface area contributed by atoms with Gasteiger partial charge in [0.05, 0.1) is 35.1 Å². The van der Waals surface area contributed by atoms with Gasteiger partial charge in [-0.1, -0.05) is 28.9 Å². The van der Waals surface area contributed by atoms with Gasteiger partial charge >= 0.3 is 12.1 Å². The predicted molar refractivity (Wildman–Crippen MR) is 106 cm³/mol. The summed E-state index contributed by atoms with van der Waals surface area (Å²) in [5.41, 5.74) is -3.70. The number of carbonyl (C=O) groups excluding carboxylic acids is 1. The molecule has 170 valence electrons. The van der Waals surface area contributed by atoms with Crippen LogP contribution in [-0.2, 0) is 10.9 Å². The molecule has 0 saturated heterocycles. The summed E-state index contributed by atoms with van der Waals surface area (Å²) in [5, 5.41) is 7.15. The van der Waals surface area contributed by atoms with Gasteiger partial charge in [0.15, 0.2) is 11.5 Å². The van der Waals surface area contributed by atoms with E-state index >= 15 is 0 Å². The van der Waals surface area contributed by atoms with Gasteiger partial charge in [-0.15, -0.1) is 0 Å². The lowest BCUT2D eigenvalue weighted by molar-refractivity contribution is -0.142. The molecule has 4 rings (SSSR count). The van der Waals surface area contributed by atoms with Crippen molar-refractivity contribution in [2.75, 3.05) is 7.11 Å². The van der Waals surface area contributed by atoms with Crippen molar-refractivity contribution >= 4 is 17.6 Å². The number of benzene rings is 2. The zero-order chi connectivity index (χ0) is 23.9. The van der Waals surface area contributed by atoms with Crippen molar-refractivity contribution in [3.63, 3.8) is 0 Å². The number of halogens is 6. The molecular weight excluding hydrogens is 473 g/mol. The van der Waals surface area contributed by atoms with E-state index in [0.29, 0.717) is 4.68 Å². The lowest BCUT2D eigenvalue weighted by Crippen LogP contribution is -2.15. The van der Waals surface area contributed by atoms with Crippen molar-refractivity contribution in [1.29, 1.82) is 0 Å². The molecule has 2 heterocycles. The third-order valence-corrected chi connectivity index (χ3v) is 4.93. The average molecular weight is 484 g/mol. The van der Waals surface area contributed by atoms with Gasteiger partial charge in [0.25, 0.3) is 0 Å². The molecule has 0 atom stereocenters. The molecule has 0 amide bonds. The Morgan fingerprint density at radius 3 is 2.52 bits per heavy atom. The second kappa shape index (κ2) is 8.32. The zero-order valence-electron chi connectivity index (χ0n) is 16.5. The standard InChI is InChI=1S/C21H11ClF5N3O3/c1-32-20(31)16-17(15-13(22)6-3-7-14(15)24)29-33-18(16)12-9-28-30(19(12)21(25,26)27)11-5-2-4-10(23)8-11/h2-9H,1H3. The van der Waals surface area contributed by atoms with E-state index in [1.165, 1.54) is 24.3 Å². The minimum atomic E-state index is -5.02. The summed E-state index contributed by atoms with van der Waals surface area (Å²) in [5.74, 6) is -3.50. The van der Waals surface area contributed by atoms with E-state index in [-0.39, 0.29) is 16.3 Å². The highest BCUT2D eigenvalue weighted by molar-refractivity contribution is 6.33. The van der Waals surface area contributed by atoms with Gasteiger partial charge in [-0.25, -0.2) is 18.3 Å². The smallest absolute Gasteiger partial charge is 0.434 e. The summed E-state index contributed by atoms with van der Waals surface area (Å²) in [4.78, 5) is 12.5. The molecule has 6 nitrogen and oxygen atoms in total. The van der Waals surface area contributed by atoms with E-state index in [9.17, 15) is 26.7 Å². The number of methoxy groups -OCH3 is 1. The number of ether oxygens (including phenoxy) is 1. The fourth-order valence-corrected chi connectivity index (χ4v) is 3.50. The van der Waals surface area contributed by atoms with Crippen molar-refractivity contribution < 1.29 is 36.0 Å². The summed E-state index contributed by atoms with van der Waals surface area (Å²) in [6.45, 7) is 0. The molecule has 12 heteroatoms. The molecule has 0 aliphatic rings. The summed E-state index contributed by atoms with van der Waals surface area (Å²) >= 11 is 6.04. The first-order valence-corrected chi connectivity index (χ1v) is 9.45. The molecule has 2 aromatic heterocycles. The summed E-state index contributed by atoms with van der Waals surface area (Å²) in [6, 6.07) is 7.94. The normalized spacial score (nSPS) is 11.6. The fraction of sp³-hybridized carbons (Fsp3) is 0.0952. The maximum Gasteiger partial charge on any atom is 0.434 e. The Labute approximate surface area is 187 Å². The Morgan fingerprint density at radius 2 is 1.88 bits per heavy atom. The maximum absolute atomic E-state index is 14.5. The quantitative estimate of drug-likeness (QED) is 0.266. The number of nitrogens with zero attached hydrogens (tertiary/aromatic N) is 3. The molecule has 0 radical (unpaired) electrons. The average Bonchev–Trinajstić information content (AvgIpc) is 3.37. The minimum Gasteiger partial charge on any atom is -0.465 e. The van der Waals surface area contributed by atoms with Gasteiger partial charge in [-0.3, -0.25) is 0 Å². The number of hydrogen-bond acceptors (Lipinski definition) is 5. The monoisotopic (exact) mass is 483 g/mol. The summed E-state index contributed by atoms with van der Waals surface area (Å²) in [6.07, 6.45) is -4.25. The summed E-state index contributed by atoms with van der Waals surface area (Å²) < 4.78 is 80.5. The molecule has 0 aliphatic carbocycles. The molecule has 0 unspecified atom stereocenters. The van der Waals surface area contributed by atoms with Crippen LogP contribution in [0.3, 0.4) is 0 Å². The van der Waals surface area contributed by atoms with E-state index in [1.807, 2.05) is 0 Å². The van der Waals surface area contributed by atoms with Crippen LogP contribution in [0.25, 0.3) is 28.3 Å². The third-order valence-electron chi connectivity index (χ3n) is 4.62. The van der Waals surface area contributed by atoms with Crippen molar-refractivity contribution in [2.24, 2.45) is 0 Å². The topological polar surface area (TPSA) is 70.2 Å². The van der Waals surface area contributed by atoms with Crippen LogP contribution < -0.4 is 0 Å². The highest BCUT2D eigenvalue weighted by Crippen LogP contribution is 2.43. The second-order valence-electron chi connectivity index (χ2n) is 6.62. The van der Waals surface area contributed by atoms with Crippen LogP contribution in [0, 0.1) is 11.6 Å². The molecule has 2 aromatic carbocycles. The van der Waals surface area contributed by atoms with E-state index in [4.69, 9.17) is 16.1 Å². The Balaban J connectivity index is 2.01. The molecule has 0 spiro atoms. The van der Waals surface area contributed by atoms with Gasteiger partial charge in [0.2, 0.25) is 0 Å². The molecule has 0 fully saturated rings. The Kier molecular flexibility index (Phi) is 5.66. The molecule has 33 heavy (non-hydrogen) atoms. The van der Waals surface area contributed by atoms with Crippen molar-refractivity contribution in [1.82, 2.24) is 14.9 Å². The highest BCUT2D eigenvalue weighted by Gasteiger charge is 2.42. The molecular formula is C21H11ClF5N3O3. The van der Waals surface area contributed by atoms with Crippen LogP contribution in [0.2, 0.25) is 5.02 Å². The molecule has 0 N–H and O–H groups in total. The largest absolute Gasteiger partial charge is 0.465 e. The lowest BCUT2D eigenvalue weighted by Gasteiger charge is -2.12. The number of esters is 1. The van der Waals surface area contributed by atoms with Crippen molar-refractivity contribution in [3.05, 3.63) is 76.6 Å². The Bertz CT molecular complexity index is 1340. The minimum absolute atomic E-state index is 0.161. The van der Waals surface area contributed by atoms with E-state index in [1.54, 1.807) is 0 Å². The number of aromatic nitrogens is 3. The zero-order valence-corrected chi connectivity index (χ0v) is 17.2. The fourth-order valence-electron chi connectivity index (χ4n) is 3.25. The molecule has 0 saturated carbocycles. The second-order valence-corrected chi connectivity index (χ2v) is 7.03. The Morgan fingerprint density at radius 1 is 1.15 bits per heavy atom. The van der Waals surface area contributed by atoms with Gasteiger partial charge in [-0.2, -0.15) is 18.3 Å². The van der Waals surface area contributed by atoms with E-state index in [2.05, 4.69) is 15.0 Å². The first-order chi connectivity index (χ1) is 15.6. The van der Waals surface area contributed by atoms with Crippen LogP contribution in [0.4, 0.5) is 22.0 Å². The summed E-state index contributed by atoms with van der Waals surface area (Å²) in [7, 11) is 0.979. The van der Waals surface area contributed by atoms with Crippen molar-refractivity contribution in [2.45, 2.75) is 6.18 Å². The Hall–Kier alpha value is -3.73. The first-order valence-electron chi connectivity index (χ1n) is 9.07. The third kappa shape index (κ3) is 3.95. The van der Waals surface area contributed by atoms with Gasteiger partial charge in [-0.05, 0) is 30.3 Å². The maximum atomic E-state index is 14.5. The number of carbonyl (C=O) groups is 1. The van der Waals surface area contributed by atoms with Crippen LogP contribution >= 0.6 is 11.6 Å². The van der Waals surface area contributed by atoms with E-state index in [0.717, 1.165) is 31.5 Å². The number of hydrogen-bond donors (Lipinski definition) is 0. The first kappa shape index (κ1) is 22.5. The lowest BCUT2D eigenvalue weighted by atomic mass is 10.0. The molecule has 4 aromatic rings. The number of alkyl halides is 3. The predicted octanol–water partition coefficient (Wildman–Crippen LogP) is 5.93. The van der Waals surface area contributed by atoms with Gasteiger partial charge in [0.1, 0.15) is 22.9 Å². The van der Waals surface area contributed by atoms with Crippen LogP contribution in [-0.4, -0.2) is 28.0 Å². The van der Waals surface area contributed by atoms with Gasteiger partial charge in [0, 0.05) is 0 Å². The highest BCUT2D eigenvalue weighted by atomic mass is 35.5. The van der Waals surface area contributed by atoms with Crippen LogP contribution in [0.1, 0.15) is 16.1 Å². The van der Waals surface area contributed by atoms with Crippen molar-refractivity contribution in [3.8, 4) is 28.3 Å². The molecule has 0 bridgehead atoms. The van der Waals surface area contributed by atoms with Crippen LogP contribution in [0.5, 0.6) is 0 Å².